The molecule has 5 nitrogen and oxygen atoms in total. The summed E-state index contributed by atoms with van der Waals surface area (Å²) < 4.78 is 28.6. The maximum Gasteiger partial charge on any atom is 0.262 e. The zero-order valence-electron chi connectivity index (χ0n) is 18.3. The second-order valence-corrected chi connectivity index (χ2v) is 11.8. The standard InChI is InChI=1S/C24H27Cl3N2O3S/c1-14-18(25)8-5-9-21(14)33(31,32)29-16-12-19(26)23(20(27)13-16)22(15-6-3-2-4-7-15)17-10-11-28-24(17)30/h5,8-9,12-13,15,17,22,29H,2-4,6-7,10-11H2,1H3,(H,28,30). The Balaban J connectivity index is 1.69. The summed E-state index contributed by atoms with van der Waals surface area (Å²) in [5, 5.41) is 4.06. The van der Waals surface area contributed by atoms with Crippen LogP contribution in [0.1, 0.15) is 55.6 Å². The van der Waals surface area contributed by atoms with Crippen molar-refractivity contribution in [1.82, 2.24) is 5.32 Å². The molecule has 33 heavy (non-hydrogen) atoms. The van der Waals surface area contributed by atoms with Crippen LogP contribution in [0.25, 0.3) is 0 Å². The van der Waals surface area contributed by atoms with Gasteiger partial charge in [-0.1, -0.05) is 60.1 Å². The molecule has 2 fully saturated rings. The zero-order valence-corrected chi connectivity index (χ0v) is 21.4. The molecule has 1 saturated carbocycles. The summed E-state index contributed by atoms with van der Waals surface area (Å²) in [6.45, 7) is 2.31. The number of hydrogen-bond acceptors (Lipinski definition) is 3. The monoisotopic (exact) mass is 528 g/mol. The minimum Gasteiger partial charge on any atom is -0.356 e. The molecule has 1 amide bonds. The van der Waals surface area contributed by atoms with Crippen LogP contribution in [0.3, 0.4) is 0 Å². The molecule has 2 unspecified atom stereocenters. The number of carbonyl (C=O) groups excluding carboxylic acids is 1. The van der Waals surface area contributed by atoms with Crippen LogP contribution in [0.15, 0.2) is 35.2 Å². The summed E-state index contributed by atoms with van der Waals surface area (Å²) in [4.78, 5) is 12.7. The van der Waals surface area contributed by atoms with E-state index in [0.717, 1.165) is 37.7 Å². The summed E-state index contributed by atoms with van der Waals surface area (Å²) >= 11 is 19.6. The fourth-order valence-corrected chi connectivity index (χ4v) is 7.54. The minimum atomic E-state index is -3.89. The molecule has 1 aliphatic heterocycles. The van der Waals surface area contributed by atoms with E-state index in [-0.39, 0.29) is 28.3 Å². The first kappa shape index (κ1) is 24.6. The van der Waals surface area contributed by atoms with Gasteiger partial charge in [0, 0.05) is 33.4 Å². The third-order valence-electron chi connectivity index (χ3n) is 6.85. The molecule has 2 aliphatic rings. The van der Waals surface area contributed by atoms with Crippen LogP contribution in [0.2, 0.25) is 15.1 Å². The van der Waals surface area contributed by atoms with E-state index in [9.17, 15) is 13.2 Å². The highest BCUT2D eigenvalue weighted by molar-refractivity contribution is 7.92. The van der Waals surface area contributed by atoms with E-state index < -0.39 is 10.0 Å². The SMILES string of the molecule is Cc1c(Cl)cccc1S(=O)(=O)Nc1cc(Cl)c(C(C2CCCCC2)C2CCNC2=O)c(Cl)c1. The van der Waals surface area contributed by atoms with Crippen molar-refractivity contribution in [3.05, 3.63) is 56.5 Å². The number of amides is 1. The van der Waals surface area contributed by atoms with E-state index in [4.69, 9.17) is 34.8 Å². The van der Waals surface area contributed by atoms with E-state index in [2.05, 4.69) is 10.0 Å². The molecule has 4 rings (SSSR count). The molecule has 178 valence electrons. The van der Waals surface area contributed by atoms with Crippen LogP contribution in [-0.2, 0) is 14.8 Å². The second-order valence-electron chi connectivity index (χ2n) is 8.93. The molecule has 2 aromatic carbocycles. The van der Waals surface area contributed by atoms with E-state index in [1.807, 2.05) is 0 Å². The van der Waals surface area contributed by atoms with Crippen molar-refractivity contribution in [3.8, 4) is 0 Å². The van der Waals surface area contributed by atoms with Gasteiger partial charge in [-0.05, 0) is 67.5 Å². The Labute approximate surface area is 210 Å². The molecule has 0 bridgehead atoms. The lowest BCUT2D eigenvalue weighted by Crippen LogP contribution is -2.30. The van der Waals surface area contributed by atoms with E-state index in [1.54, 1.807) is 31.2 Å². The fourth-order valence-electron chi connectivity index (χ4n) is 5.27. The molecular formula is C24H27Cl3N2O3S. The van der Waals surface area contributed by atoms with E-state index in [0.29, 0.717) is 33.1 Å². The van der Waals surface area contributed by atoms with Gasteiger partial charge in [-0.2, -0.15) is 0 Å². The summed E-state index contributed by atoms with van der Waals surface area (Å²) in [6, 6.07) is 7.90. The first-order chi connectivity index (χ1) is 15.7. The van der Waals surface area contributed by atoms with E-state index >= 15 is 0 Å². The largest absolute Gasteiger partial charge is 0.356 e. The van der Waals surface area contributed by atoms with Crippen molar-refractivity contribution in [2.24, 2.45) is 11.8 Å². The number of nitrogens with one attached hydrogen (secondary N) is 2. The topological polar surface area (TPSA) is 75.3 Å². The van der Waals surface area contributed by atoms with Gasteiger partial charge >= 0.3 is 0 Å². The van der Waals surface area contributed by atoms with Gasteiger partial charge in [0.2, 0.25) is 5.91 Å². The molecule has 2 atom stereocenters. The molecule has 0 spiro atoms. The first-order valence-corrected chi connectivity index (χ1v) is 13.9. The first-order valence-electron chi connectivity index (χ1n) is 11.2. The normalized spacial score (nSPS) is 20.5. The van der Waals surface area contributed by atoms with Gasteiger partial charge in [0.1, 0.15) is 0 Å². The van der Waals surface area contributed by atoms with Gasteiger partial charge in [-0.15, -0.1) is 0 Å². The predicted octanol–water partition coefficient (Wildman–Crippen LogP) is 6.56. The van der Waals surface area contributed by atoms with Gasteiger partial charge in [0.15, 0.2) is 0 Å². The molecule has 2 aromatic rings. The van der Waals surface area contributed by atoms with Crippen molar-refractivity contribution in [3.63, 3.8) is 0 Å². The summed E-state index contributed by atoms with van der Waals surface area (Å²) in [6.07, 6.45) is 6.26. The highest BCUT2D eigenvalue weighted by atomic mass is 35.5. The van der Waals surface area contributed by atoms with Crippen molar-refractivity contribution in [2.75, 3.05) is 11.3 Å². The van der Waals surface area contributed by atoms with Crippen LogP contribution in [0.4, 0.5) is 5.69 Å². The van der Waals surface area contributed by atoms with Gasteiger partial charge in [-0.3, -0.25) is 9.52 Å². The maximum absolute atomic E-state index is 13.0. The van der Waals surface area contributed by atoms with Crippen molar-refractivity contribution >= 4 is 56.4 Å². The number of hydrogen-bond donors (Lipinski definition) is 2. The lowest BCUT2D eigenvalue weighted by molar-refractivity contribution is -0.123. The molecule has 1 heterocycles. The molecule has 0 aromatic heterocycles. The summed E-state index contributed by atoms with van der Waals surface area (Å²) in [5.74, 6) is 0.0894. The number of benzene rings is 2. The molecule has 9 heteroatoms. The number of anilines is 1. The fraction of sp³-hybridized carbons (Fsp3) is 0.458. The highest BCUT2D eigenvalue weighted by Gasteiger charge is 2.40. The smallest absolute Gasteiger partial charge is 0.262 e. The number of halogens is 3. The van der Waals surface area contributed by atoms with Gasteiger partial charge in [-0.25, -0.2) is 8.42 Å². The lowest BCUT2D eigenvalue weighted by atomic mass is 9.70. The van der Waals surface area contributed by atoms with Crippen LogP contribution in [-0.4, -0.2) is 20.9 Å². The van der Waals surface area contributed by atoms with Crippen molar-refractivity contribution < 1.29 is 13.2 Å². The maximum atomic E-state index is 13.0. The predicted molar refractivity (Wildman–Crippen MR) is 134 cm³/mol. The second kappa shape index (κ2) is 10.0. The quantitative estimate of drug-likeness (QED) is 0.445. The Bertz CT molecular complexity index is 1140. The van der Waals surface area contributed by atoms with E-state index in [1.165, 1.54) is 12.5 Å². The van der Waals surface area contributed by atoms with Crippen molar-refractivity contribution in [1.29, 1.82) is 0 Å². The molecule has 1 saturated heterocycles. The Morgan fingerprint density at radius 2 is 1.67 bits per heavy atom. The van der Waals surface area contributed by atoms with Gasteiger partial charge < -0.3 is 5.32 Å². The number of carbonyl (C=O) groups is 1. The van der Waals surface area contributed by atoms with Gasteiger partial charge in [0.25, 0.3) is 10.0 Å². The van der Waals surface area contributed by atoms with Crippen LogP contribution < -0.4 is 10.0 Å². The van der Waals surface area contributed by atoms with Crippen LogP contribution in [0, 0.1) is 18.8 Å². The average Bonchev–Trinajstić information content (AvgIpc) is 3.18. The Morgan fingerprint density at radius 1 is 1.00 bits per heavy atom. The van der Waals surface area contributed by atoms with Crippen LogP contribution in [0.5, 0.6) is 0 Å². The minimum absolute atomic E-state index is 0.0407. The third-order valence-corrected chi connectivity index (χ3v) is 9.42. The Kier molecular flexibility index (Phi) is 7.49. The Morgan fingerprint density at radius 3 is 2.27 bits per heavy atom. The lowest BCUT2D eigenvalue weighted by Gasteiger charge is -2.34. The Hall–Kier alpha value is -1.47. The zero-order chi connectivity index (χ0) is 23.8. The highest BCUT2D eigenvalue weighted by Crippen LogP contribution is 2.48. The van der Waals surface area contributed by atoms with Gasteiger partial charge in [0.05, 0.1) is 10.6 Å². The summed E-state index contributed by atoms with van der Waals surface area (Å²) in [7, 11) is -3.89. The molecular weight excluding hydrogens is 503 g/mol. The molecule has 2 N–H and O–H groups in total. The number of rotatable bonds is 6. The van der Waals surface area contributed by atoms with Crippen molar-refractivity contribution in [2.45, 2.75) is 56.3 Å². The average molecular weight is 530 g/mol. The summed E-state index contributed by atoms with van der Waals surface area (Å²) in [5.41, 5.74) is 1.48. The molecule has 1 aliphatic carbocycles. The molecule has 0 radical (unpaired) electrons. The number of sulfonamides is 1. The van der Waals surface area contributed by atoms with Crippen LogP contribution >= 0.6 is 34.8 Å². The third kappa shape index (κ3) is 5.14.